The van der Waals surface area contributed by atoms with Gasteiger partial charge < -0.3 is 10.1 Å². The van der Waals surface area contributed by atoms with Gasteiger partial charge in [0.25, 0.3) is 0 Å². The first kappa shape index (κ1) is 14.8. The zero-order chi connectivity index (χ0) is 15.4. The van der Waals surface area contributed by atoms with Crippen LogP contribution in [0.15, 0.2) is 60.8 Å². The van der Waals surface area contributed by atoms with Crippen LogP contribution in [0, 0.1) is 5.82 Å². The molecule has 0 spiro atoms. The molecule has 1 unspecified atom stereocenters. The van der Waals surface area contributed by atoms with Gasteiger partial charge in [0.05, 0.1) is 12.7 Å². The molecule has 1 aliphatic heterocycles. The average Bonchev–Trinajstić information content (AvgIpc) is 2.54. The summed E-state index contributed by atoms with van der Waals surface area (Å²) in [6, 6.07) is 15.0. The van der Waals surface area contributed by atoms with E-state index in [-0.39, 0.29) is 18.5 Å². The van der Waals surface area contributed by atoms with Crippen LogP contribution >= 0.6 is 0 Å². The summed E-state index contributed by atoms with van der Waals surface area (Å²) >= 11 is 0. The van der Waals surface area contributed by atoms with Gasteiger partial charge in [-0.25, -0.2) is 4.39 Å². The van der Waals surface area contributed by atoms with Crippen molar-refractivity contribution in [3.05, 3.63) is 72.2 Å². The number of benzene rings is 2. The summed E-state index contributed by atoms with van der Waals surface area (Å²) in [6.45, 7) is 5.09. The molecule has 1 fully saturated rings. The molecule has 2 aromatic rings. The Balaban J connectivity index is 1.79. The molecule has 1 aliphatic rings. The van der Waals surface area contributed by atoms with Gasteiger partial charge in [0.1, 0.15) is 5.82 Å². The predicted octanol–water partition coefficient (Wildman–Crippen LogP) is 4.28. The van der Waals surface area contributed by atoms with Gasteiger partial charge in [-0.15, -0.1) is 0 Å². The fourth-order valence-electron chi connectivity index (χ4n) is 2.80. The second-order valence-corrected chi connectivity index (χ2v) is 5.59. The normalized spacial score (nSPS) is 18.0. The molecule has 0 aliphatic carbocycles. The molecule has 1 heterocycles. The van der Waals surface area contributed by atoms with Crippen molar-refractivity contribution < 1.29 is 9.13 Å². The Morgan fingerprint density at radius 3 is 2.73 bits per heavy atom. The smallest absolute Gasteiger partial charge is 0.129 e. The second-order valence-electron chi connectivity index (χ2n) is 5.59. The third-order valence-corrected chi connectivity index (χ3v) is 3.98. The Morgan fingerprint density at radius 2 is 1.95 bits per heavy atom. The molecule has 22 heavy (non-hydrogen) atoms. The maximum absolute atomic E-state index is 14.3. The Bertz CT molecular complexity index is 654. The van der Waals surface area contributed by atoms with Gasteiger partial charge in [0, 0.05) is 24.2 Å². The SMILES string of the molecule is C=C1CC(OCc2c(F)cccc2-c2ccccc2)CCN1. The third-order valence-electron chi connectivity index (χ3n) is 3.98. The van der Waals surface area contributed by atoms with Crippen LogP contribution in [0.3, 0.4) is 0 Å². The Hall–Kier alpha value is -2.13. The molecule has 0 aromatic heterocycles. The van der Waals surface area contributed by atoms with E-state index in [0.717, 1.165) is 36.2 Å². The first-order valence-electron chi connectivity index (χ1n) is 7.60. The number of halogens is 1. The van der Waals surface area contributed by atoms with E-state index in [2.05, 4.69) is 11.9 Å². The molecule has 0 radical (unpaired) electrons. The largest absolute Gasteiger partial charge is 0.389 e. The summed E-state index contributed by atoms with van der Waals surface area (Å²) in [5.41, 5.74) is 3.52. The van der Waals surface area contributed by atoms with Crippen LogP contribution in [0.2, 0.25) is 0 Å². The number of rotatable bonds is 4. The van der Waals surface area contributed by atoms with Gasteiger partial charge in [-0.1, -0.05) is 49.0 Å². The highest BCUT2D eigenvalue weighted by molar-refractivity contribution is 5.67. The summed E-state index contributed by atoms with van der Waals surface area (Å²) < 4.78 is 20.2. The topological polar surface area (TPSA) is 21.3 Å². The van der Waals surface area contributed by atoms with E-state index < -0.39 is 0 Å². The molecule has 2 aromatic carbocycles. The van der Waals surface area contributed by atoms with Crippen LogP contribution in [0.25, 0.3) is 11.1 Å². The van der Waals surface area contributed by atoms with Crippen molar-refractivity contribution in [3.63, 3.8) is 0 Å². The molecule has 1 N–H and O–H groups in total. The Kier molecular flexibility index (Phi) is 4.54. The highest BCUT2D eigenvalue weighted by Crippen LogP contribution is 2.27. The van der Waals surface area contributed by atoms with Crippen LogP contribution in [0.1, 0.15) is 18.4 Å². The third kappa shape index (κ3) is 3.37. The van der Waals surface area contributed by atoms with Gasteiger partial charge >= 0.3 is 0 Å². The quantitative estimate of drug-likeness (QED) is 0.909. The zero-order valence-electron chi connectivity index (χ0n) is 12.5. The van der Waals surface area contributed by atoms with E-state index in [1.54, 1.807) is 6.07 Å². The zero-order valence-corrected chi connectivity index (χ0v) is 12.5. The predicted molar refractivity (Wildman–Crippen MR) is 86.8 cm³/mol. The Labute approximate surface area is 130 Å². The molecule has 0 amide bonds. The summed E-state index contributed by atoms with van der Waals surface area (Å²) in [4.78, 5) is 0. The van der Waals surface area contributed by atoms with E-state index >= 15 is 0 Å². The highest BCUT2D eigenvalue weighted by Gasteiger charge is 2.18. The maximum atomic E-state index is 14.3. The number of nitrogens with one attached hydrogen (secondary N) is 1. The van der Waals surface area contributed by atoms with Crippen molar-refractivity contribution in [2.75, 3.05) is 6.54 Å². The number of ether oxygens (including phenoxy) is 1. The minimum atomic E-state index is -0.214. The summed E-state index contributed by atoms with van der Waals surface area (Å²) in [6.07, 6.45) is 1.82. The second kappa shape index (κ2) is 6.75. The first-order chi connectivity index (χ1) is 10.7. The molecule has 0 saturated carbocycles. The molecule has 3 heteroatoms. The van der Waals surface area contributed by atoms with Gasteiger partial charge in [0.15, 0.2) is 0 Å². The molecule has 3 rings (SSSR count). The molecule has 114 valence electrons. The Morgan fingerprint density at radius 1 is 1.14 bits per heavy atom. The lowest BCUT2D eigenvalue weighted by molar-refractivity contribution is 0.0273. The highest BCUT2D eigenvalue weighted by atomic mass is 19.1. The number of hydrogen-bond donors (Lipinski definition) is 1. The average molecular weight is 297 g/mol. The van der Waals surface area contributed by atoms with Gasteiger partial charge in [0.2, 0.25) is 0 Å². The van der Waals surface area contributed by atoms with E-state index in [4.69, 9.17) is 4.74 Å². The molecular weight excluding hydrogens is 277 g/mol. The fourth-order valence-corrected chi connectivity index (χ4v) is 2.80. The summed E-state index contributed by atoms with van der Waals surface area (Å²) in [5.74, 6) is -0.214. The van der Waals surface area contributed by atoms with Gasteiger partial charge in [-0.05, 0) is 23.6 Å². The minimum Gasteiger partial charge on any atom is -0.389 e. The minimum absolute atomic E-state index is 0.108. The van der Waals surface area contributed by atoms with Crippen molar-refractivity contribution in [2.45, 2.75) is 25.6 Å². The van der Waals surface area contributed by atoms with Crippen molar-refractivity contribution in [2.24, 2.45) is 0 Å². The van der Waals surface area contributed by atoms with Crippen LogP contribution in [0.5, 0.6) is 0 Å². The lowest BCUT2D eigenvalue weighted by atomic mass is 9.99. The summed E-state index contributed by atoms with van der Waals surface area (Å²) in [7, 11) is 0. The van der Waals surface area contributed by atoms with Crippen LogP contribution < -0.4 is 5.32 Å². The lowest BCUT2D eigenvalue weighted by Gasteiger charge is -2.25. The van der Waals surface area contributed by atoms with E-state index in [1.165, 1.54) is 6.07 Å². The van der Waals surface area contributed by atoms with Crippen molar-refractivity contribution >= 4 is 0 Å². The lowest BCUT2D eigenvalue weighted by Crippen LogP contribution is -2.30. The molecule has 2 nitrogen and oxygen atoms in total. The maximum Gasteiger partial charge on any atom is 0.129 e. The number of hydrogen-bond acceptors (Lipinski definition) is 2. The molecule has 1 saturated heterocycles. The van der Waals surface area contributed by atoms with Gasteiger partial charge in [-0.3, -0.25) is 0 Å². The van der Waals surface area contributed by atoms with Crippen molar-refractivity contribution in [3.8, 4) is 11.1 Å². The first-order valence-corrected chi connectivity index (χ1v) is 7.60. The standard InChI is InChI=1S/C19H20FNO/c1-14-12-16(10-11-21-14)22-13-18-17(8-5-9-19(18)20)15-6-3-2-4-7-15/h2-9,16,21H,1,10-13H2. The molecule has 0 bridgehead atoms. The molecule has 1 atom stereocenters. The van der Waals surface area contributed by atoms with Crippen molar-refractivity contribution in [1.29, 1.82) is 0 Å². The van der Waals surface area contributed by atoms with Crippen LogP contribution in [-0.4, -0.2) is 12.6 Å². The monoisotopic (exact) mass is 297 g/mol. The number of piperidine rings is 1. The summed E-state index contributed by atoms with van der Waals surface area (Å²) in [5, 5.41) is 3.21. The molecular formula is C19H20FNO. The van der Waals surface area contributed by atoms with E-state index in [1.807, 2.05) is 36.4 Å². The van der Waals surface area contributed by atoms with Crippen LogP contribution in [0.4, 0.5) is 4.39 Å². The fraction of sp³-hybridized carbons (Fsp3) is 0.263. The van der Waals surface area contributed by atoms with E-state index in [9.17, 15) is 4.39 Å². The van der Waals surface area contributed by atoms with Gasteiger partial charge in [-0.2, -0.15) is 0 Å². The van der Waals surface area contributed by atoms with E-state index in [0.29, 0.717) is 5.56 Å². The van der Waals surface area contributed by atoms with Crippen LogP contribution in [-0.2, 0) is 11.3 Å². The van der Waals surface area contributed by atoms with Crippen molar-refractivity contribution in [1.82, 2.24) is 5.32 Å².